The van der Waals surface area contributed by atoms with E-state index in [0.717, 1.165) is 12.1 Å². The van der Waals surface area contributed by atoms with Crippen molar-refractivity contribution < 1.29 is 23.0 Å². The largest absolute Gasteiger partial charge is 0.488 e. The van der Waals surface area contributed by atoms with Gasteiger partial charge in [-0.25, -0.2) is 0 Å². The van der Waals surface area contributed by atoms with Crippen molar-refractivity contribution in [3.63, 3.8) is 0 Å². The van der Waals surface area contributed by atoms with Gasteiger partial charge in [0.2, 0.25) is 0 Å². The van der Waals surface area contributed by atoms with Gasteiger partial charge in [-0.05, 0) is 31.2 Å². The predicted molar refractivity (Wildman–Crippen MR) is 59.4 cm³/mol. The molecule has 0 bridgehead atoms. The van der Waals surface area contributed by atoms with Crippen LogP contribution >= 0.6 is 0 Å². The van der Waals surface area contributed by atoms with E-state index in [1.807, 2.05) is 0 Å². The van der Waals surface area contributed by atoms with Crippen molar-refractivity contribution in [2.24, 2.45) is 0 Å². The molecule has 0 amide bonds. The second-order valence-corrected chi connectivity index (χ2v) is 4.24. The first kappa shape index (κ1) is 13.2. The zero-order valence-electron chi connectivity index (χ0n) is 9.57. The Kier molecular flexibility index (Phi) is 3.77. The SMILES string of the molecule is OC1CNCCC1Oc1cccc(C(F)(F)F)c1. The topological polar surface area (TPSA) is 41.5 Å². The van der Waals surface area contributed by atoms with E-state index < -0.39 is 23.9 Å². The fraction of sp³-hybridized carbons (Fsp3) is 0.500. The van der Waals surface area contributed by atoms with E-state index in [0.29, 0.717) is 19.5 Å². The van der Waals surface area contributed by atoms with Crippen LogP contribution in [0.25, 0.3) is 0 Å². The highest BCUT2D eigenvalue weighted by Crippen LogP contribution is 2.31. The maximum atomic E-state index is 12.5. The number of nitrogens with one attached hydrogen (secondary N) is 1. The van der Waals surface area contributed by atoms with Gasteiger partial charge in [-0.15, -0.1) is 0 Å². The summed E-state index contributed by atoms with van der Waals surface area (Å²) in [4.78, 5) is 0. The molecule has 18 heavy (non-hydrogen) atoms. The number of aliphatic hydroxyl groups excluding tert-OH is 1. The third-order valence-electron chi connectivity index (χ3n) is 2.84. The second-order valence-electron chi connectivity index (χ2n) is 4.24. The van der Waals surface area contributed by atoms with Crippen molar-refractivity contribution in [3.8, 4) is 5.75 Å². The van der Waals surface area contributed by atoms with Gasteiger partial charge in [0, 0.05) is 6.54 Å². The van der Waals surface area contributed by atoms with Gasteiger partial charge in [0.1, 0.15) is 18.0 Å². The third-order valence-corrected chi connectivity index (χ3v) is 2.84. The minimum absolute atomic E-state index is 0.135. The number of β-amino-alcohol motifs (C(OH)–C–C–N with tert-alkyl or cyclic N) is 1. The van der Waals surface area contributed by atoms with Gasteiger partial charge in [-0.1, -0.05) is 6.07 Å². The number of benzene rings is 1. The number of halogens is 3. The Labute approximate surface area is 103 Å². The summed E-state index contributed by atoms with van der Waals surface area (Å²) in [6.07, 6.45) is -4.98. The van der Waals surface area contributed by atoms with Crippen molar-refractivity contribution in [1.29, 1.82) is 0 Å². The Balaban J connectivity index is 2.09. The maximum absolute atomic E-state index is 12.5. The van der Waals surface area contributed by atoms with E-state index in [1.165, 1.54) is 12.1 Å². The summed E-state index contributed by atoms with van der Waals surface area (Å²) in [5.41, 5.74) is -0.747. The number of hydrogen-bond acceptors (Lipinski definition) is 3. The lowest BCUT2D eigenvalue weighted by Gasteiger charge is -2.29. The first-order valence-corrected chi connectivity index (χ1v) is 5.69. The molecule has 0 spiro atoms. The predicted octanol–water partition coefficient (Wildman–Crippen LogP) is 1.81. The Bertz CT molecular complexity index is 409. The summed E-state index contributed by atoms with van der Waals surface area (Å²) in [6.45, 7) is 1.07. The minimum Gasteiger partial charge on any atom is -0.488 e. The lowest BCUT2D eigenvalue weighted by molar-refractivity contribution is -0.137. The molecule has 0 aliphatic carbocycles. The van der Waals surface area contributed by atoms with Crippen LogP contribution in [0.4, 0.5) is 13.2 Å². The molecule has 0 aromatic heterocycles. The smallest absolute Gasteiger partial charge is 0.416 e. The molecule has 2 atom stereocenters. The fourth-order valence-corrected chi connectivity index (χ4v) is 1.88. The van der Waals surface area contributed by atoms with Crippen LogP contribution in [0.15, 0.2) is 24.3 Å². The summed E-state index contributed by atoms with van der Waals surface area (Å²) in [5, 5.41) is 12.6. The highest BCUT2D eigenvalue weighted by molar-refractivity contribution is 5.30. The number of rotatable bonds is 2. The quantitative estimate of drug-likeness (QED) is 0.853. The molecule has 1 aliphatic heterocycles. The maximum Gasteiger partial charge on any atom is 0.416 e. The van der Waals surface area contributed by atoms with Gasteiger partial charge in [-0.2, -0.15) is 13.2 Å². The Morgan fingerprint density at radius 1 is 1.33 bits per heavy atom. The molecule has 1 fully saturated rings. The van der Waals surface area contributed by atoms with Gasteiger partial charge < -0.3 is 15.2 Å². The molecular formula is C12H14F3NO2. The van der Waals surface area contributed by atoms with E-state index in [1.54, 1.807) is 0 Å². The molecule has 0 saturated carbocycles. The molecular weight excluding hydrogens is 247 g/mol. The molecule has 3 nitrogen and oxygen atoms in total. The van der Waals surface area contributed by atoms with Gasteiger partial charge in [0.15, 0.2) is 0 Å². The van der Waals surface area contributed by atoms with Crippen LogP contribution in [0.2, 0.25) is 0 Å². The molecule has 100 valence electrons. The van der Waals surface area contributed by atoms with Crippen molar-refractivity contribution in [2.45, 2.75) is 24.8 Å². The van der Waals surface area contributed by atoms with Gasteiger partial charge >= 0.3 is 6.18 Å². The van der Waals surface area contributed by atoms with E-state index in [9.17, 15) is 18.3 Å². The van der Waals surface area contributed by atoms with Crippen LogP contribution in [0.3, 0.4) is 0 Å². The van der Waals surface area contributed by atoms with Crippen molar-refractivity contribution >= 4 is 0 Å². The van der Waals surface area contributed by atoms with E-state index in [2.05, 4.69) is 5.32 Å². The average Bonchev–Trinajstić information content (AvgIpc) is 2.31. The third kappa shape index (κ3) is 3.14. The average molecular weight is 261 g/mol. The lowest BCUT2D eigenvalue weighted by Crippen LogP contribution is -2.46. The standard InChI is InChI=1S/C12H14F3NO2/c13-12(14,15)8-2-1-3-9(6-8)18-11-4-5-16-7-10(11)17/h1-3,6,10-11,16-17H,4-5,7H2. The fourth-order valence-electron chi connectivity index (χ4n) is 1.88. The molecule has 0 radical (unpaired) electrons. The number of aliphatic hydroxyl groups is 1. The van der Waals surface area contributed by atoms with Crippen molar-refractivity contribution in [3.05, 3.63) is 29.8 Å². The Hall–Kier alpha value is -1.27. The van der Waals surface area contributed by atoms with Crippen LogP contribution in [-0.4, -0.2) is 30.4 Å². The summed E-state index contributed by atoms with van der Waals surface area (Å²) in [7, 11) is 0. The van der Waals surface area contributed by atoms with Crippen LogP contribution in [0.1, 0.15) is 12.0 Å². The van der Waals surface area contributed by atoms with Crippen LogP contribution < -0.4 is 10.1 Å². The number of ether oxygens (including phenoxy) is 1. The minimum atomic E-state index is -4.38. The van der Waals surface area contributed by atoms with Crippen LogP contribution in [0.5, 0.6) is 5.75 Å². The molecule has 2 N–H and O–H groups in total. The summed E-state index contributed by atoms with van der Waals surface area (Å²) < 4.78 is 42.9. The number of alkyl halides is 3. The highest BCUT2D eigenvalue weighted by Gasteiger charge is 2.31. The lowest BCUT2D eigenvalue weighted by atomic mass is 10.1. The van der Waals surface area contributed by atoms with E-state index in [-0.39, 0.29) is 5.75 Å². The van der Waals surface area contributed by atoms with Crippen molar-refractivity contribution in [2.75, 3.05) is 13.1 Å². The van der Waals surface area contributed by atoms with Crippen molar-refractivity contribution in [1.82, 2.24) is 5.32 Å². The zero-order chi connectivity index (χ0) is 13.2. The molecule has 2 unspecified atom stereocenters. The summed E-state index contributed by atoms with van der Waals surface area (Å²) in [6, 6.07) is 4.70. The van der Waals surface area contributed by atoms with E-state index >= 15 is 0 Å². The monoisotopic (exact) mass is 261 g/mol. The summed E-state index contributed by atoms with van der Waals surface area (Å²) in [5.74, 6) is 0.135. The van der Waals surface area contributed by atoms with Gasteiger partial charge in [-0.3, -0.25) is 0 Å². The Morgan fingerprint density at radius 3 is 2.78 bits per heavy atom. The number of hydrogen-bond donors (Lipinski definition) is 2. The van der Waals surface area contributed by atoms with Crippen LogP contribution in [-0.2, 0) is 6.18 Å². The molecule has 1 heterocycles. The molecule has 6 heteroatoms. The summed E-state index contributed by atoms with van der Waals surface area (Å²) >= 11 is 0. The zero-order valence-corrected chi connectivity index (χ0v) is 9.57. The molecule has 1 aromatic rings. The Morgan fingerprint density at radius 2 is 2.11 bits per heavy atom. The first-order valence-electron chi connectivity index (χ1n) is 5.69. The molecule has 1 saturated heterocycles. The van der Waals surface area contributed by atoms with Crippen LogP contribution in [0, 0.1) is 0 Å². The van der Waals surface area contributed by atoms with Gasteiger partial charge in [0.25, 0.3) is 0 Å². The van der Waals surface area contributed by atoms with E-state index in [4.69, 9.17) is 4.74 Å². The molecule has 1 aromatic carbocycles. The first-order chi connectivity index (χ1) is 8.47. The second kappa shape index (κ2) is 5.16. The normalized spacial score (nSPS) is 24.9. The highest BCUT2D eigenvalue weighted by atomic mass is 19.4. The number of piperidine rings is 1. The molecule has 1 aliphatic rings. The van der Waals surface area contributed by atoms with Gasteiger partial charge in [0.05, 0.1) is 5.56 Å². The molecule has 2 rings (SSSR count).